The van der Waals surface area contributed by atoms with Crippen molar-refractivity contribution in [1.29, 1.82) is 0 Å². The molecule has 0 saturated carbocycles. The largest absolute Gasteiger partial charge is 0.389 e. The van der Waals surface area contributed by atoms with E-state index in [9.17, 15) is 25.0 Å². The van der Waals surface area contributed by atoms with E-state index in [1.165, 1.54) is 18.3 Å². The second kappa shape index (κ2) is 5.99. The van der Waals surface area contributed by atoms with Gasteiger partial charge in [0.15, 0.2) is 0 Å². The molecule has 10 nitrogen and oxygen atoms in total. The number of nitro groups is 2. The molecule has 0 saturated heterocycles. The first-order chi connectivity index (χ1) is 10.4. The molecule has 1 amide bonds. The van der Waals surface area contributed by atoms with Crippen LogP contribution in [0.3, 0.4) is 0 Å². The minimum Gasteiger partial charge on any atom is -0.358 e. The maximum absolute atomic E-state index is 11.9. The van der Waals surface area contributed by atoms with Crippen LogP contribution in [-0.4, -0.2) is 25.5 Å². The number of amides is 1. The lowest BCUT2D eigenvalue weighted by atomic mass is 10.2. The van der Waals surface area contributed by atoms with Gasteiger partial charge in [-0.05, 0) is 23.5 Å². The zero-order chi connectivity index (χ0) is 16.3. The minimum absolute atomic E-state index is 0.0576. The molecule has 1 N–H and O–H groups in total. The van der Waals surface area contributed by atoms with Gasteiger partial charge in [0.1, 0.15) is 12.2 Å². The van der Waals surface area contributed by atoms with Crippen molar-refractivity contribution in [2.24, 2.45) is 0 Å². The van der Waals surface area contributed by atoms with E-state index < -0.39 is 15.8 Å². The predicted octanol–water partition coefficient (Wildman–Crippen LogP) is 1.65. The summed E-state index contributed by atoms with van der Waals surface area (Å²) in [5.41, 5.74) is 0.523. The van der Waals surface area contributed by atoms with Crippen LogP contribution in [0.25, 0.3) is 0 Å². The Morgan fingerprint density at radius 2 is 2.00 bits per heavy atom. The molecule has 0 aliphatic rings. The summed E-state index contributed by atoms with van der Waals surface area (Å²) in [7, 11) is 0. The first-order valence-corrected chi connectivity index (χ1v) is 6.09. The van der Waals surface area contributed by atoms with Gasteiger partial charge >= 0.3 is 5.82 Å². The van der Waals surface area contributed by atoms with Crippen molar-refractivity contribution < 1.29 is 14.6 Å². The van der Waals surface area contributed by atoms with Gasteiger partial charge in [0.25, 0.3) is 5.69 Å². The third kappa shape index (κ3) is 3.42. The van der Waals surface area contributed by atoms with E-state index in [1.807, 2.05) is 0 Å². The average molecular weight is 305 g/mol. The van der Waals surface area contributed by atoms with E-state index >= 15 is 0 Å². The van der Waals surface area contributed by atoms with Gasteiger partial charge in [-0.3, -0.25) is 14.9 Å². The number of anilines is 1. The number of hydrogen-bond donors (Lipinski definition) is 1. The van der Waals surface area contributed by atoms with Gasteiger partial charge < -0.3 is 15.4 Å². The molecular formula is C12H11N5O5. The molecule has 0 aliphatic heterocycles. The summed E-state index contributed by atoms with van der Waals surface area (Å²) in [6, 6.07) is 5.55. The summed E-state index contributed by atoms with van der Waals surface area (Å²) in [5, 5.41) is 27.4. The summed E-state index contributed by atoms with van der Waals surface area (Å²) in [5.74, 6) is -0.959. The number of nitrogens with one attached hydrogen (secondary N) is 1. The molecule has 114 valence electrons. The van der Waals surface area contributed by atoms with Crippen molar-refractivity contribution in [2.45, 2.75) is 13.5 Å². The molecule has 0 radical (unpaired) electrons. The summed E-state index contributed by atoms with van der Waals surface area (Å²) in [6.45, 7) is 1.40. The van der Waals surface area contributed by atoms with Gasteiger partial charge in [-0.2, -0.15) is 4.68 Å². The van der Waals surface area contributed by atoms with Crippen LogP contribution in [0.15, 0.2) is 30.5 Å². The van der Waals surface area contributed by atoms with Gasteiger partial charge in [0.2, 0.25) is 5.91 Å². The van der Waals surface area contributed by atoms with E-state index in [2.05, 4.69) is 10.4 Å². The molecule has 0 bridgehead atoms. The zero-order valence-corrected chi connectivity index (χ0v) is 11.4. The highest BCUT2D eigenvalue weighted by Gasteiger charge is 2.18. The fourth-order valence-electron chi connectivity index (χ4n) is 1.77. The molecule has 2 aromatic rings. The number of carbonyl (C=O) groups excluding carboxylic acids is 1. The van der Waals surface area contributed by atoms with Crippen LogP contribution < -0.4 is 5.32 Å². The third-order valence-electron chi connectivity index (χ3n) is 2.74. The molecule has 0 fully saturated rings. The highest BCUT2D eigenvalue weighted by Crippen LogP contribution is 2.25. The number of rotatable bonds is 5. The maximum atomic E-state index is 11.9. The van der Waals surface area contributed by atoms with Crippen molar-refractivity contribution in [3.63, 3.8) is 0 Å². The van der Waals surface area contributed by atoms with E-state index in [0.29, 0.717) is 5.56 Å². The number of benzene rings is 1. The highest BCUT2D eigenvalue weighted by atomic mass is 16.6. The monoisotopic (exact) mass is 305 g/mol. The third-order valence-corrected chi connectivity index (χ3v) is 2.74. The molecule has 0 spiro atoms. The van der Waals surface area contributed by atoms with Gasteiger partial charge in [-0.25, -0.2) is 0 Å². The number of hydrogen-bond acceptors (Lipinski definition) is 6. The van der Waals surface area contributed by atoms with Crippen molar-refractivity contribution in [3.8, 4) is 0 Å². The predicted molar refractivity (Wildman–Crippen MR) is 75.3 cm³/mol. The lowest BCUT2D eigenvalue weighted by molar-refractivity contribution is -0.389. The fourth-order valence-corrected chi connectivity index (χ4v) is 1.77. The number of nitrogens with zero attached hydrogens (tertiary/aromatic N) is 4. The average Bonchev–Trinajstić information content (AvgIpc) is 2.89. The van der Waals surface area contributed by atoms with Crippen LogP contribution in [0.4, 0.5) is 17.2 Å². The van der Waals surface area contributed by atoms with E-state index in [4.69, 9.17) is 0 Å². The van der Waals surface area contributed by atoms with Crippen LogP contribution in [-0.2, 0) is 11.3 Å². The van der Waals surface area contributed by atoms with Gasteiger partial charge in [0, 0.05) is 6.07 Å². The molecule has 10 heteroatoms. The molecule has 1 aromatic carbocycles. The standard InChI is InChI=1S/C12H11N5O5/c1-8-2-3-9(10(6-8)16(19)20)13-12(18)7-15-5-4-11(14-15)17(21)22/h2-6H,7H2,1H3,(H,13,18). The second-order valence-electron chi connectivity index (χ2n) is 4.45. The van der Waals surface area contributed by atoms with E-state index in [-0.39, 0.29) is 23.7 Å². The van der Waals surface area contributed by atoms with Crippen molar-refractivity contribution in [3.05, 3.63) is 56.3 Å². The Balaban J connectivity index is 2.12. The number of aromatic nitrogens is 2. The maximum Gasteiger partial charge on any atom is 0.389 e. The molecule has 0 atom stereocenters. The van der Waals surface area contributed by atoms with Crippen LogP contribution in [0.5, 0.6) is 0 Å². The number of nitro benzene ring substituents is 1. The van der Waals surface area contributed by atoms with Crippen molar-refractivity contribution in [1.82, 2.24) is 9.78 Å². The SMILES string of the molecule is Cc1ccc(NC(=O)Cn2ccc([N+](=O)[O-])n2)c([N+](=O)[O-])c1. The van der Waals surface area contributed by atoms with Crippen molar-refractivity contribution >= 4 is 23.1 Å². The minimum atomic E-state index is -0.681. The van der Waals surface area contributed by atoms with Crippen molar-refractivity contribution in [2.75, 3.05) is 5.32 Å². The first kappa shape index (κ1) is 15.1. The Kier molecular flexibility index (Phi) is 4.11. The summed E-state index contributed by atoms with van der Waals surface area (Å²) >= 11 is 0. The van der Waals surface area contributed by atoms with Crippen LogP contribution >= 0.6 is 0 Å². The molecule has 0 unspecified atom stereocenters. The summed E-state index contributed by atoms with van der Waals surface area (Å²) in [6.07, 6.45) is 1.28. The topological polar surface area (TPSA) is 133 Å². The highest BCUT2D eigenvalue weighted by molar-refractivity contribution is 5.92. The molecule has 22 heavy (non-hydrogen) atoms. The Morgan fingerprint density at radius 3 is 2.59 bits per heavy atom. The van der Waals surface area contributed by atoms with E-state index in [1.54, 1.807) is 13.0 Å². The summed E-state index contributed by atoms with van der Waals surface area (Å²) < 4.78 is 1.08. The van der Waals surface area contributed by atoms with Gasteiger partial charge in [-0.1, -0.05) is 6.07 Å². The van der Waals surface area contributed by atoms with Crippen LogP contribution in [0.2, 0.25) is 0 Å². The Bertz CT molecular complexity index is 754. The molecule has 0 aliphatic carbocycles. The lowest BCUT2D eigenvalue weighted by Crippen LogP contribution is -2.19. The zero-order valence-electron chi connectivity index (χ0n) is 11.4. The lowest BCUT2D eigenvalue weighted by Gasteiger charge is -2.05. The molecular weight excluding hydrogens is 294 g/mol. The smallest absolute Gasteiger partial charge is 0.358 e. The second-order valence-corrected chi connectivity index (χ2v) is 4.45. The normalized spacial score (nSPS) is 10.2. The first-order valence-electron chi connectivity index (χ1n) is 6.09. The van der Waals surface area contributed by atoms with E-state index in [0.717, 1.165) is 10.7 Å². The van der Waals surface area contributed by atoms with Crippen LogP contribution in [0.1, 0.15) is 5.56 Å². The summed E-state index contributed by atoms with van der Waals surface area (Å²) in [4.78, 5) is 32.0. The Hall–Kier alpha value is -3.30. The van der Waals surface area contributed by atoms with Gasteiger partial charge in [0.05, 0.1) is 22.3 Å². The molecule has 1 heterocycles. The number of aryl methyl sites for hydroxylation is 1. The Morgan fingerprint density at radius 1 is 1.27 bits per heavy atom. The Labute approximate surface area is 123 Å². The molecule has 1 aromatic heterocycles. The molecule has 2 rings (SSSR count). The number of carbonyl (C=O) groups is 1. The van der Waals surface area contributed by atoms with Gasteiger partial charge in [-0.15, -0.1) is 0 Å². The fraction of sp³-hybridized carbons (Fsp3) is 0.167. The van der Waals surface area contributed by atoms with Crippen LogP contribution in [0, 0.1) is 27.2 Å². The quantitative estimate of drug-likeness (QED) is 0.659.